The van der Waals surface area contributed by atoms with Gasteiger partial charge in [0, 0.05) is 30.3 Å². The number of ether oxygens (including phenoxy) is 1. The second kappa shape index (κ2) is 8.89. The standard InChI is InChI=1S/C24H26N4O2S/c1-16-9-10-18(15-17(16)2)27-13-6-8-20(27)23-22(19-7-4-5-12-25-19)26-24(31)28(23)14-11-21(29)30-3/h4-10,12-13,15,22-23H,11,14H2,1-3H3,(H,26,31). The van der Waals surface area contributed by atoms with Gasteiger partial charge in [-0.15, -0.1) is 0 Å². The minimum absolute atomic E-state index is 0.122. The van der Waals surface area contributed by atoms with Crippen molar-refractivity contribution in [2.75, 3.05) is 13.7 Å². The molecule has 6 nitrogen and oxygen atoms in total. The maximum absolute atomic E-state index is 11.8. The summed E-state index contributed by atoms with van der Waals surface area (Å²) in [6, 6.07) is 16.2. The van der Waals surface area contributed by atoms with Crippen LogP contribution in [0.3, 0.4) is 0 Å². The number of carbonyl (C=O) groups is 1. The van der Waals surface area contributed by atoms with Crippen LogP contribution in [0.25, 0.3) is 5.69 Å². The van der Waals surface area contributed by atoms with E-state index < -0.39 is 0 Å². The quantitative estimate of drug-likeness (QED) is 0.467. The van der Waals surface area contributed by atoms with Crippen molar-refractivity contribution < 1.29 is 9.53 Å². The molecule has 3 aromatic rings. The number of esters is 1. The Hall–Kier alpha value is -3.19. The van der Waals surface area contributed by atoms with Gasteiger partial charge in [-0.25, -0.2) is 0 Å². The van der Waals surface area contributed by atoms with Crippen LogP contribution in [0.5, 0.6) is 0 Å². The number of thiocarbonyl (C=S) groups is 1. The number of carbonyl (C=O) groups excluding carboxylic acids is 1. The second-order valence-corrected chi connectivity index (χ2v) is 8.10. The molecule has 0 saturated carbocycles. The molecule has 1 N–H and O–H groups in total. The molecule has 4 rings (SSSR count). The summed E-state index contributed by atoms with van der Waals surface area (Å²) < 4.78 is 7.04. The molecule has 1 aliphatic rings. The molecule has 0 aliphatic carbocycles. The van der Waals surface area contributed by atoms with Crippen LogP contribution in [0.1, 0.15) is 41.0 Å². The summed E-state index contributed by atoms with van der Waals surface area (Å²) in [5.41, 5.74) is 5.57. The normalized spacial score (nSPS) is 18.2. The molecule has 0 radical (unpaired) electrons. The number of nitrogens with one attached hydrogen (secondary N) is 1. The van der Waals surface area contributed by atoms with Gasteiger partial charge in [0.25, 0.3) is 0 Å². The minimum atomic E-state index is -0.257. The Labute approximate surface area is 187 Å². The first kappa shape index (κ1) is 21.1. The van der Waals surface area contributed by atoms with Crippen molar-refractivity contribution in [2.45, 2.75) is 32.4 Å². The maximum Gasteiger partial charge on any atom is 0.307 e. The van der Waals surface area contributed by atoms with Crippen molar-refractivity contribution in [3.63, 3.8) is 0 Å². The SMILES string of the molecule is COC(=O)CCN1C(=S)NC(c2ccccn2)C1c1cccn1-c1ccc(C)c(C)c1. The highest BCUT2D eigenvalue weighted by atomic mass is 32.1. The summed E-state index contributed by atoms with van der Waals surface area (Å²) >= 11 is 5.68. The number of hydrogen-bond donors (Lipinski definition) is 1. The monoisotopic (exact) mass is 434 g/mol. The number of nitrogens with zero attached hydrogens (tertiary/aromatic N) is 3. The Kier molecular flexibility index (Phi) is 6.04. The fourth-order valence-corrected chi connectivity index (χ4v) is 4.36. The first-order valence-corrected chi connectivity index (χ1v) is 10.7. The molecule has 3 heterocycles. The number of rotatable bonds is 6. The number of hydrogen-bond acceptors (Lipinski definition) is 4. The van der Waals surface area contributed by atoms with Gasteiger partial charge in [0.05, 0.1) is 31.3 Å². The predicted octanol–water partition coefficient (Wildman–Crippen LogP) is 4.02. The zero-order valence-electron chi connectivity index (χ0n) is 17.9. The van der Waals surface area contributed by atoms with E-state index in [-0.39, 0.29) is 24.5 Å². The molecule has 1 saturated heterocycles. The van der Waals surface area contributed by atoms with Crippen molar-refractivity contribution in [3.8, 4) is 5.69 Å². The smallest absolute Gasteiger partial charge is 0.307 e. The van der Waals surface area contributed by atoms with E-state index in [0.29, 0.717) is 11.7 Å². The Morgan fingerprint density at radius 1 is 1.16 bits per heavy atom. The molecule has 31 heavy (non-hydrogen) atoms. The Morgan fingerprint density at radius 2 is 2.00 bits per heavy atom. The molecule has 2 atom stereocenters. The zero-order valence-corrected chi connectivity index (χ0v) is 18.7. The molecule has 0 spiro atoms. The molecule has 7 heteroatoms. The van der Waals surface area contributed by atoms with Gasteiger partial charge in [0.2, 0.25) is 0 Å². The highest BCUT2D eigenvalue weighted by molar-refractivity contribution is 7.80. The van der Waals surface area contributed by atoms with Gasteiger partial charge in [-0.1, -0.05) is 12.1 Å². The average molecular weight is 435 g/mol. The first-order chi connectivity index (χ1) is 15.0. The number of aromatic nitrogens is 2. The van der Waals surface area contributed by atoms with Crippen molar-refractivity contribution >= 4 is 23.3 Å². The third-order valence-corrected chi connectivity index (χ3v) is 6.19. The van der Waals surface area contributed by atoms with Gasteiger partial charge in [-0.05, 0) is 73.6 Å². The molecule has 2 aromatic heterocycles. The van der Waals surface area contributed by atoms with E-state index in [2.05, 4.69) is 64.1 Å². The van der Waals surface area contributed by atoms with Crippen LogP contribution >= 0.6 is 12.2 Å². The fourth-order valence-electron chi connectivity index (χ4n) is 4.03. The highest BCUT2D eigenvalue weighted by Gasteiger charge is 2.41. The van der Waals surface area contributed by atoms with Crippen LogP contribution in [0.4, 0.5) is 0 Å². The van der Waals surface area contributed by atoms with Crippen LogP contribution in [0.15, 0.2) is 60.9 Å². The lowest BCUT2D eigenvalue weighted by molar-refractivity contribution is -0.140. The summed E-state index contributed by atoms with van der Waals surface area (Å²) in [5.74, 6) is -0.257. The van der Waals surface area contributed by atoms with Crippen molar-refractivity contribution in [3.05, 3.63) is 83.4 Å². The molecule has 1 aliphatic heterocycles. The van der Waals surface area contributed by atoms with Crippen LogP contribution in [0.2, 0.25) is 0 Å². The van der Waals surface area contributed by atoms with Crippen LogP contribution in [-0.4, -0.2) is 39.2 Å². The lowest BCUT2D eigenvalue weighted by Crippen LogP contribution is -2.32. The van der Waals surface area contributed by atoms with E-state index >= 15 is 0 Å². The van der Waals surface area contributed by atoms with Gasteiger partial charge in [0.1, 0.15) is 0 Å². The van der Waals surface area contributed by atoms with E-state index in [0.717, 1.165) is 17.1 Å². The first-order valence-electron chi connectivity index (χ1n) is 10.3. The lowest BCUT2D eigenvalue weighted by atomic mass is 10.0. The van der Waals surface area contributed by atoms with Gasteiger partial charge in [-0.2, -0.15) is 0 Å². The maximum atomic E-state index is 11.8. The summed E-state index contributed by atoms with van der Waals surface area (Å²) in [6.07, 6.45) is 4.11. The number of methoxy groups -OCH3 is 1. The van der Waals surface area contributed by atoms with Gasteiger partial charge in [0.15, 0.2) is 5.11 Å². The van der Waals surface area contributed by atoms with Crippen LogP contribution in [0, 0.1) is 13.8 Å². The molecule has 160 valence electrons. The molecule has 1 fully saturated rings. The zero-order chi connectivity index (χ0) is 22.0. The number of benzene rings is 1. The Balaban J connectivity index is 1.77. The third kappa shape index (κ3) is 4.18. The molecule has 0 bridgehead atoms. The van der Waals surface area contributed by atoms with Crippen molar-refractivity contribution in [1.82, 2.24) is 19.8 Å². The van der Waals surface area contributed by atoms with E-state index in [1.807, 2.05) is 24.3 Å². The van der Waals surface area contributed by atoms with Crippen molar-refractivity contribution in [1.29, 1.82) is 0 Å². The molecule has 2 unspecified atom stereocenters. The van der Waals surface area contributed by atoms with E-state index in [9.17, 15) is 4.79 Å². The Bertz CT molecular complexity index is 1100. The molecular formula is C24H26N4O2S. The van der Waals surface area contributed by atoms with Gasteiger partial charge < -0.3 is 19.5 Å². The lowest BCUT2D eigenvalue weighted by Gasteiger charge is -2.28. The summed E-state index contributed by atoms with van der Waals surface area (Å²) in [7, 11) is 1.40. The van der Waals surface area contributed by atoms with Gasteiger partial charge in [-0.3, -0.25) is 9.78 Å². The van der Waals surface area contributed by atoms with Crippen LogP contribution in [-0.2, 0) is 9.53 Å². The fraction of sp³-hybridized carbons (Fsp3) is 0.292. The minimum Gasteiger partial charge on any atom is -0.469 e. The third-order valence-electron chi connectivity index (χ3n) is 5.83. The molecule has 0 amide bonds. The van der Waals surface area contributed by atoms with E-state index in [1.165, 1.54) is 18.2 Å². The number of pyridine rings is 1. The molecular weight excluding hydrogens is 408 g/mol. The second-order valence-electron chi connectivity index (χ2n) is 7.72. The van der Waals surface area contributed by atoms with Crippen LogP contribution < -0.4 is 5.32 Å². The Morgan fingerprint density at radius 3 is 2.71 bits per heavy atom. The molecule has 1 aromatic carbocycles. The number of aryl methyl sites for hydroxylation is 2. The summed E-state index contributed by atoms with van der Waals surface area (Å²) in [4.78, 5) is 18.5. The topological polar surface area (TPSA) is 59.4 Å². The summed E-state index contributed by atoms with van der Waals surface area (Å²) in [5, 5.41) is 4.04. The highest BCUT2D eigenvalue weighted by Crippen LogP contribution is 2.39. The summed E-state index contributed by atoms with van der Waals surface area (Å²) in [6.45, 7) is 4.69. The predicted molar refractivity (Wildman–Crippen MR) is 124 cm³/mol. The van der Waals surface area contributed by atoms with E-state index in [4.69, 9.17) is 17.0 Å². The van der Waals surface area contributed by atoms with Gasteiger partial charge >= 0.3 is 5.97 Å². The largest absolute Gasteiger partial charge is 0.469 e. The van der Waals surface area contributed by atoms with Crippen molar-refractivity contribution in [2.24, 2.45) is 0 Å². The van der Waals surface area contributed by atoms with E-state index in [1.54, 1.807) is 6.20 Å². The average Bonchev–Trinajstić information content (AvgIpc) is 3.38.